The first-order chi connectivity index (χ1) is 15.4. The van der Waals surface area contributed by atoms with Crippen LogP contribution in [0.4, 0.5) is 8.78 Å². The van der Waals surface area contributed by atoms with Crippen molar-refractivity contribution in [1.29, 1.82) is 0 Å². The van der Waals surface area contributed by atoms with E-state index in [1.165, 1.54) is 6.07 Å². The van der Waals surface area contributed by atoms with Gasteiger partial charge in [-0.05, 0) is 67.7 Å². The maximum absolute atomic E-state index is 15.0. The fourth-order valence-electron chi connectivity index (χ4n) is 5.58. The summed E-state index contributed by atoms with van der Waals surface area (Å²) in [6, 6.07) is 1.58. The summed E-state index contributed by atoms with van der Waals surface area (Å²) in [4.78, 5) is 22.0. The molecule has 0 radical (unpaired) electrons. The number of fused-ring (bicyclic) bond motifs is 2. The van der Waals surface area contributed by atoms with Gasteiger partial charge in [0.2, 0.25) is 0 Å². The van der Waals surface area contributed by atoms with Crippen LogP contribution in [0.1, 0.15) is 38.5 Å². The van der Waals surface area contributed by atoms with Crippen molar-refractivity contribution in [2.75, 3.05) is 26.7 Å². The fourth-order valence-corrected chi connectivity index (χ4v) is 5.97. The largest absolute Gasteiger partial charge is 0.488 e. The van der Waals surface area contributed by atoms with E-state index < -0.39 is 17.5 Å². The number of alkyl halides is 1. The predicted octanol–water partition coefficient (Wildman–Crippen LogP) is 3.30. The average Bonchev–Trinajstić information content (AvgIpc) is 3.43. The van der Waals surface area contributed by atoms with E-state index in [-0.39, 0.29) is 51.4 Å². The number of aromatic nitrogens is 2. The molecule has 1 saturated carbocycles. The van der Waals surface area contributed by atoms with E-state index in [0.29, 0.717) is 13.0 Å². The number of nitrogens with one attached hydrogen (secondary N) is 2. The lowest BCUT2D eigenvalue weighted by molar-refractivity contribution is 0.107. The molecule has 1 aromatic carbocycles. The first-order valence-corrected chi connectivity index (χ1v) is 12.0. The van der Waals surface area contributed by atoms with Gasteiger partial charge in [0.1, 0.15) is 35.5 Å². The lowest BCUT2D eigenvalue weighted by atomic mass is 9.95. The van der Waals surface area contributed by atoms with Crippen LogP contribution in [-0.2, 0) is 0 Å². The molecule has 0 amide bonds. The van der Waals surface area contributed by atoms with E-state index in [4.69, 9.17) is 9.47 Å². The van der Waals surface area contributed by atoms with Gasteiger partial charge in [-0.2, -0.15) is 4.98 Å². The summed E-state index contributed by atoms with van der Waals surface area (Å²) in [7, 11) is 1.88. The summed E-state index contributed by atoms with van der Waals surface area (Å²) in [5.74, 6) is -0.359. The second-order valence-electron chi connectivity index (χ2n) is 9.11. The van der Waals surface area contributed by atoms with Crippen LogP contribution in [0, 0.1) is 5.82 Å². The molecule has 1 aromatic heterocycles. The Balaban J connectivity index is 1.45. The minimum absolute atomic E-state index is 0.0603. The van der Waals surface area contributed by atoms with Crippen LogP contribution >= 0.6 is 15.9 Å². The third-order valence-corrected chi connectivity index (χ3v) is 7.74. The molecule has 5 rings (SSSR count). The molecule has 174 valence electrons. The summed E-state index contributed by atoms with van der Waals surface area (Å²) in [6.07, 6.45) is 4.06. The lowest BCUT2D eigenvalue weighted by Crippen LogP contribution is -2.43. The zero-order chi connectivity index (χ0) is 22.5. The van der Waals surface area contributed by atoms with Gasteiger partial charge in [0.05, 0.1) is 10.0 Å². The molecule has 2 N–H and O–H groups in total. The van der Waals surface area contributed by atoms with Gasteiger partial charge in [-0.15, -0.1) is 0 Å². The van der Waals surface area contributed by atoms with Crippen LogP contribution in [0.2, 0.25) is 0 Å². The third-order valence-electron chi connectivity index (χ3n) is 7.16. The van der Waals surface area contributed by atoms with Crippen molar-refractivity contribution in [2.24, 2.45) is 0 Å². The first kappa shape index (κ1) is 22.0. The van der Waals surface area contributed by atoms with Gasteiger partial charge >= 0.3 is 0 Å². The molecule has 4 atom stereocenters. The normalized spacial score (nSPS) is 30.2. The summed E-state index contributed by atoms with van der Waals surface area (Å²) in [5.41, 5.74) is -1.02. The van der Waals surface area contributed by atoms with Gasteiger partial charge in [0, 0.05) is 19.0 Å². The molecule has 7 nitrogen and oxygen atoms in total. The van der Waals surface area contributed by atoms with Crippen molar-refractivity contribution in [3.05, 3.63) is 26.7 Å². The zero-order valence-electron chi connectivity index (χ0n) is 17.9. The molecule has 0 spiro atoms. The standard InChI is InChI=1S/C22H27BrF2N4O3/c1-26-14-4-2-5-15(14)32-16-8-13(23)18(25)19-17(16)20(30)28-21(27-19)31-11-22-6-3-7-29(22)10-12(24)9-22/h8,12,14-15,26H,2-7,9-11H2,1H3,(H,27,28,30)/t12-,14+,15-,22+/m1/s1. The number of benzene rings is 1. The van der Waals surface area contributed by atoms with E-state index in [1.807, 2.05) is 7.05 Å². The maximum atomic E-state index is 15.0. The Morgan fingerprint density at radius 1 is 1.41 bits per heavy atom. The number of hydrogen-bond donors (Lipinski definition) is 2. The topological polar surface area (TPSA) is 79.5 Å². The van der Waals surface area contributed by atoms with Gasteiger partial charge < -0.3 is 14.8 Å². The van der Waals surface area contributed by atoms with Crippen LogP contribution in [0.5, 0.6) is 11.8 Å². The fraction of sp³-hybridized carbons (Fsp3) is 0.636. The highest BCUT2D eigenvalue weighted by Crippen LogP contribution is 2.40. The van der Waals surface area contributed by atoms with E-state index in [9.17, 15) is 13.6 Å². The Bertz CT molecular complexity index is 1080. The molecular weight excluding hydrogens is 486 g/mol. The smallest absolute Gasteiger partial charge is 0.297 e. The van der Waals surface area contributed by atoms with E-state index in [2.05, 4.69) is 36.1 Å². The number of rotatable bonds is 6. The van der Waals surface area contributed by atoms with E-state index in [1.54, 1.807) is 0 Å². The highest BCUT2D eigenvalue weighted by atomic mass is 79.9. The molecule has 3 heterocycles. The lowest BCUT2D eigenvalue weighted by Gasteiger charge is -2.30. The Hall–Kier alpha value is -1.78. The monoisotopic (exact) mass is 512 g/mol. The third kappa shape index (κ3) is 3.80. The molecular formula is C22H27BrF2N4O3. The van der Waals surface area contributed by atoms with Gasteiger partial charge in [0.15, 0.2) is 5.82 Å². The Morgan fingerprint density at radius 3 is 3.06 bits per heavy atom. The molecule has 1 aliphatic carbocycles. The summed E-state index contributed by atoms with van der Waals surface area (Å²) < 4.78 is 41.1. The van der Waals surface area contributed by atoms with Gasteiger partial charge in [-0.1, -0.05) is 0 Å². The number of H-pyrrole nitrogens is 1. The van der Waals surface area contributed by atoms with Crippen LogP contribution in [-0.4, -0.2) is 65.5 Å². The molecule has 32 heavy (non-hydrogen) atoms. The number of ether oxygens (including phenoxy) is 2. The predicted molar refractivity (Wildman–Crippen MR) is 120 cm³/mol. The minimum Gasteiger partial charge on any atom is -0.488 e. The Kier molecular flexibility index (Phi) is 5.88. The Morgan fingerprint density at radius 2 is 2.25 bits per heavy atom. The van der Waals surface area contributed by atoms with Crippen molar-refractivity contribution < 1.29 is 18.3 Å². The quantitative estimate of drug-likeness (QED) is 0.618. The Labute approximate surface area is 193 Å². The van der Waals surface area contributed by atoms with Gasteiger partial charge in [0.25, 0.3) is 11.6 Å². The number of nitrogens with zero attached hydrogens (tertiary/aromatic N) is 2. The molecule has 0 unspecified atom stereocenters. The molecule has 10 heteroatoms. The second-order valence-corrected chi connectivity index (χ2v) is 9.97. The highest BCUT2D eigenvalue weighted by Gasteiger charge is 2.49. The number of likely N-dealkylation sites (N-methyl/N-ethyl adjacent to an activating group) is 1. The van der Waals surface area contributed by atoms with Crippen molar-refractivity contribution in [2.45, 2.75) is 62.4 Å². The van der Waals surface area contributed by atoms with Crippen LogP contribution in [0.15, 0.2) is 15.3 Å². The molecule has 3 fully saturated rings. The maximum Gasteiger partial charge on any atom is 0.297 e. The van der Waals surface area contributed by atoms with Crippen molar-refractivity contribution in [1.82, 2.24) is 20.2 Å². The summed E-state index contributed by atoms with van der Waals surface area (Å²) >= 11 is 3.22. The van der Waals surface area contributed by atoms with Crippen LogP contribution < -0.4 is 20.3 Å². The number of hydrogen-bond acceptors (Lipinski definition) is 6. The minimum atomic E-state index is -0.882. The SMILES string of the molecule is CN[C@H]1CCC[C@H]1Oc1cc(Br)c(F)c2nc(OC[C@@]34CCCN3C[C@H](F)C4)[nH]c(=O)c12. The molecule has 2 aliphatic heterocycles. The van der Waals surface area contributed by atoms with E-state index >= 15 is 0 Å². The van der Waals surface area contributed by atoms with Crippen molar-refractivity contribution in [3.8, 4) is 11.8 Å². The molecule has 2 aromatic rings. The second kappa shape index (κ2) is 8.53. The first-order valence-electron chi connectivity index (χ1n) is 11.2. The van der Waals surface area contributed by atoms with Crippen molar-refractivity contribution in [3.63, 3.8) is 0 Å². The van der Waals surface area contributed by atoms with E-state index in [0.717, 1.165) is 38.6 Å². The van der Waals surface area contributed by atoms with Gasteiger partial charge in [-0.25, -0.2) is 8.78 Å². The van der Waals surface area contributed by atoms with Crippen LogP contribution in [0.3, 0.4) is 0 Å². The van der Waals surface area contributed by atoms with Crippen LogP contribution in [0.25, 0.3) is 10.9 Å². The molecule has 3 aliphatic rings. The highest BCUT2D eigenvalue weighted by molar-refractivity contribution is 9.10. The summed E-state index contributed by atoms with van der Waals surface area (Å²) in [5, 5.41) is 3.29. The molecule has 2 saturated heterocycles. The van der Waals surface area contributed by atoms with Crippen molar-refractivity contribution >= 4 is 26.8 Å². The average molecular weight is 513 g/mol. The zero-order valence-corrected chi connectivity index (χ0v) is 19.5. The number of aromatic amines is 1. The molecule has 0 bridgehead atoms. The summed E-state index contributed by atoms with van der Waals surface area (Å²) in [6.45, 7) is 1.44. The van der Waals surface area contributed by atoms with Gasteiger partial charge in [-0.3, -0.25) is 14.7 Å². The number of halogens is 3.